The van der Waals surface area contributed by atoms with Crippen LogP contribution in [0.1, 0.15) is 0 Å². The molecule has 0 fully saturated rings. The number of aromatic nitrogens is 2. The third-order valence-electron chi connectivity index (χ3n) is 2.14. The van der Waals surface area contributed by atoms with Crippen LogP contribution in [0.4, 0.5) is 11.6 Å². The molecule has 94 valence electrons. The Morgan fingerprint density at radius 3 is 2.89 bits per heavy atom. The number of hydrogen-bond acceptors (Lipinski definition) is 5. The maximum absolute atomic E-state index is 11.2. The van der Waals surface area contributed by atoms with Crippen molar-refractivity contribution >= 4 is 23.2 Å². The molecule has 0 aliphatic carbocycles. The predicted octanol–water partition coefficient (Wildman–Crippen LogP) is 1.88. The minimum atomic E-state index is -0.467. The van der Waals surface area contributed by atoms with E-state index in [0.717, 1.165) is 6.07 Å². The number of aromatic hydroxyl groups is 1. The number of methoxy groups -OCH3 is 1. The number of H-pyrrole nitrogens is 1. The number of nitrogens with zero attached hydrogens (tertiary/aromatic N) is 1. The number of halogens is 1. The van der Waals surface area contributed by atoms with E-state index in [0.29, 0.717) is 16.5 Å². The molecule has 0 aliphatic heterocycles. The summed E-state index contributed by atoms with van der Waals surface area (Å²) in [6.07, 6.45) is 0. The maximum atomic E-state index is 11.2. The fourth-order valence-electron chi connectivity index (χ4n) is 1.41. The van der Waals surface area contributed by atoms with Gasteiger partial charge in [0.05, 0.1) is 18.9 Å². The van der Waals surface area contributed by atoms with Gasteiger partial charge in [-0.05, 0) is 18.2 Å². The van der Waals surface area contributed by atoms with E-state index in [2.05, 4.69) is 15.3 Å². The Balaban J connectivity index is 2.38. The van der Waals surface area contributed by atoms with Gasteiger partial charge in [-0.25, -0.2) is 0 Å². The lowest BCUT2D eigenvalue weighted by Crippen LogP contribution is -2.09. The van der Waals surface area contributed by atoms with E-state index in [1.54, 1.807) is 18.2 Å². The van der Waals surface area contributed by atoms with Gasteiger partial charge in [-0.15, -0.1) is 0 Å². The average Bonchev–Trinajstić information content (AvgIpc) is 2.27. The molecule has 0 atom stereocenters. The van der Waals surface area contributed by atoms with Crippen molar-refractivity contribution in [1.29, 1.82) is 0 Å². The summed E-state index contributed by atoms with van der Waals surface area (Å²) in [4.78, 5) is 17.3. The van der Waals surface area contributed by atoms with Crippen molar-refractivity contribution in [2.45, 2.75) is 0 Å². The molecular formula is C11H10ClN3O3. The molecule has 1 aromatic heterocycles. The molecule has 6 nitrogen and oxygen atoms in total. The van der Waals surface area contributed by atoms with Crippen molar-refractivity contribution in [3.63, 3.8) is 0 Å². The lowest BCUT2D eigenvalue weighted by molar-refractivity contribution is 0.416. The predicted molar refractivity (Wildman–Crippen MR) is 67.8 cm³/mol. The first-order chi connectivity index (χ1) is 8.58. The first-order valence-corrected chi connectivity index (χ1v) is 5.37. The fraction of sp³-hybridized carbons (Fsp3) is 0.0909. The Morgan fingerprint density at radius 2 is 2.22 bits per heavy atom. The van der Waals surface area contributed by atoms with E-state index in [-0.39, 0.29) is 11.8 Å². The standard InChI is InChI=1S/C11H10ClN3O3/c1-18-8-3-2-6(12)4-7(8)13-11-14-9(16)5-10(17)15-11/h2-5H,1H3,(H3,13,14,15,16,17). The van der Waals surface area contributed by atoms with Crippen molar-refractivity contribution in [2.75, 3.05) is 12.4 Å². The SMILES string of the molecule is COc1ccc(Cl)cc1Nc1nc(O)cc(=O)[nH]1. The van der Waals surface area contributed by atoms with Gasteiger partial charge in [-0.1, -0.05) is 11.6 Å². The normalized spacial score (nSPS) is 10.1. The van der Waals surface area contributed by atoms with Crippen LogP contribution < -0.4 is 15.6 Å². The molecule has 0 saturated carbocycles. The average molecular weight is 268 g/mol. The molecule has 0 radical (unpaired) electrons. The van der Waals surface area contributed by atoms with Crippen molar-refractivity contribution in [3.8, 4) is 11.6 Å². The van der Waals surface area contributed by atoms with Gasteiger partial charge in [0, 0.05) is 5.02 Å². The summed E-state index contributed by atoms with van der Waals surface area (Å²) in [7, 11) is 1.51. The van der Waals surface area contributed by atoms with Crippen molar-refractivity contribution in [3.05, 3.63) is 39.6 Å². The van der Waals surface area contributed by atoms with Crippen molar-refractivity contribution < 1.29 is 9.84 Å². The van der Waals surface area contributed by atoms with Crippen LogP contribution in [0, 0.1) is 0 Å². The number of rotatable bonds is 3. The second kappa shape index (κ2) is 4.97. The first-order valence-electron chi connectivity index (χ1n) is 4.99. The minimum absolute atomic E-state index is 0.0977. The molecule has 2 aromatic rings. The molecular weight excluding hydrogens is 258 g/mol. The van der Waals surface area contributed by atoms with Gasteiger partial charge in [0.2, 0.25) is 11.8 Å². The zero-order valence-corrected chi connectivity index (χ0v) is 10.2. The van der Waals surface area contributed by atoms with Crippen LogP contribution in [-0.4, -0.2) is 22.2 Å². The molecule has 7 heteroatoms. The Hall–Kier alpha value is -2.21. The zero-order valence-electron chi connectivity index (χ0n) is 9.40. The summed E-state index contributed by atoms with van der Waals surface area (Å²) in [6.45, 7) is 0. The van der Waals surface area contributed by atoms with Crippen molar-refractivity contribution in [2.24, 2.45) is 0 Å². The van der Waals surface area contributed by atoms with Gasteiger partial charge in [0.25, 0.3) is 5.56 Å². The van der Waals surface area contributed by atoms with Crippen LogP contribution in [0.5, 0.6) is 11.6 Å². The molecule has 0 spiro atoms. The van der Waals surface area contributed by atoms with Crippen LogP contribution >= 0.6 is 11.6 Å². The quantitative estimate of drug-likeness (QED) is 0.790. The number of nitrogens with one attached hydrogen (secondary N) is 2. The van der Waals surface area contributed by atoms with Gasteiger partial charge >= 0.3 is 0 Å². The molecule has 0 aliphatic rings. The van der Waals surface area contributed by atoms with E-state index in [9.17, 15) is 9.90 Å². The molecule has 0 saturated heterocycles. The highest BCUT2D eigenvalue weighted by Crippen LogP contribution is 2.29. The summed E-state index contributed by atoms with van der Waals surface area (Å²) in [5, 5.41) is 12.5. The highest BCUT2D eigenvalue weighted by molar-refractivity contribution is 6.30. The molecule has 1 aromatic carbocycles. The molecule has 18 heavy (non-hydrogen) atoms. The summed E-state index contributed by atoms with van der Waals surface area (Å²) >= 11 is 5.87. The topological polar surface area (TPSA) is 87.2 Å². The van der Waals surface area contributed by atoms with Crippen molar-refractivity contribution in [1.82, 2.24) is 9.97 Å². The summed E-state index contributed by atoms with van der Waals surface area (Å²) in [5.74, 6) is 0.258. The summed E-state index contributed by atoms with van der Waals surface area (Å²) in [6, 6.07) is 5.93. The highest BCUT2D eigenvalue weighted by atomic mass is 35.5. The Kier molecular flexibility index (Phi) is 3.38. The molecule has 0 amide bonds. The van der Waals surface area contributed by atoms with E-state index in [1.807, 2.05) is 0 Å². The fourth-order valence-corrected chi connectivity index (χ4v) is 1.58. The van der Waals surface area contributed by atoms with E-state index in [4.69, 9.17) is 16.3 Å². The lowest BCUT2D eigenvalue weighted by Gasteiger charge is -2.10. The Morgan fingerprint density at radius 1 is 1.44 bits per heavy atom. The number of ether oxygens (including phenoxy) is 1. The number of benzene rings is 1. The largest absolute Gasteiger partial charge is 0.495 e. The van der Waals surface area contributed by atoms with E-state index >= 15 is 0 Å². The molecule has 3 N–H and O–H groups in total. The Labute approximate surface area is 107 Å². The minimum Gasteiger partial charge on any atom is -0.495 e. The zero-order chi connectivity index (χ0) is 13.1. The van der Waals surface area contributed by atoms with Gasteiger partial charge in [-0.3, -0.25) is 9.78 Å². The number of hydrogen-bond donors (Lipinski definition) is 3. The molecule has 0 bridgehead atoms. The molecule has 0 unspecified atom stereocenters. The second-order valence-electron chi connectivity index (χ2n) is 3.42. The monoisotopic (exact) mass is 267 g/mol. The van der Waals surface area contributed by atoms with E-state index < -0.39 is 5.56 Å². The Bertz CT molecular complexity index is 627. The van der Waals surface area contributed by atoms with Crippen LogP contribution in [0.3, 0.4) is 0 Å². The third-order valence-corrected chi connectivity index (χ3v) is 2.38. The van der Waals surface area contributed by atoms with E-state index in [1.165, 1.54) is 7.11 Å². The lowest BCUT2D eigenvalue weighted by atomic mass is 10.3. The van der Waals surface area contributed by atoms with Crippen LogP contribution in [0.15, 0.2) is 29.1 Å². The number of anilines is 2. The van der Waals surface area contributed by atoms with Gasteiger partial charge in [-0.2, -0.15) is 4.98 Å². The van der Waals surface area contributed by atoms with Crippen LogP contribution in [0.2, 0.25) is 5.02 Å². The smallest absolute Gasteiger partial charge is 0.256 e. The van der Waals surface area contributed by atoms with Gasteiger partial charge in [0.15, 0.2) is 0 Å². The highest BCUT2D eigenvalue weighted by Gasteiger charge is 2.06. The molecule has 2 rings (SSSR count). The molecule has 1 heterocycles. The summed E-state index contributed by atoms with van der Waals surface area (Å²) in [5.41, 5.74) is 0.0599. The maximum Gasteiger partial charge on any atom is 0.256 e. The number of aromatic amines is 1. The van der Waals surface area contributed by atoms with Gasteiger partial charge < -0.3 is 15.2 Å². The second-order valence-corrected chi connectivity index (χ2v) is 3.86. The first kappa shape index (κ1) is 12.3. The van der Waals surface area contributed by atoms with Crippen LogP contribution in [0.25, 0.3) is 0 Å². The van der Waals surface area contributed by atoms with Gasteiger partial charge in [0.1, 0.15) is 5.75 Å². The summed E-state index contributed by atoms with van der Waals surface area (Å²) < 4.78 is 5.13. The third kappa shape index (κ3) is 2.72. The van der Waals surface area contributed by atoms with Crippen LogP contribution in [-0.2, 0) is 0 Å².